The second-order valence-corrected chi connectivity index (χ2v) is 6.39. The highest BCUT2D eigenvalue weighted by Crippen LogP contribution is 2.40. The summed E-state index contributed by atoms with van der Waals surface area (Å²) >= 11 is 12.1. The number of ether oxygens (including phenoxy) is 1. The van der Waals surface area contributed by atoms with Gasteiger partial charge in [0.1, 0.15) is 5.69 Å². The first kappa shape index (κ1) is 19.6. The lowest BCUT2D eigenvalue weighted by Crippen LogP contribution is -2.20. The number of alkyl halides is 2. The van der Waals surface area contributed by atoms with Gasteiger partial charge in [0, 0.05) is 35.7 Å². The van der Waals surface area contributed by atoms with Crippen molar-refractivity contribution < 1.29 is 18.3 Å². The minimum Gasteiger partial charge on any atom is -0.376 e. The Kier molecular flexibility index (Phi) is 6.03. The Labute approximate surface area is 153 Å². The Morgan fingerprint density at radius 3 is 2.48 bits per heavy atom. The number of nitrogens with two attached hydrogens (primary N) is 1. The van der Waals surface area contributed by atoms with Gasteiger partial charge in [0.15, 0.2) is 0 Å². The Morgan fingerprint density at radius 1 is 1.36 bits per heavy atom. The molecule has 0 aliphatic carbocycles. The molecule has 0 fully saturated rings. The van der Waals surface area contributed by atoms with Crippen molar-refractivity contribution in [1.82, 2.24) is 9.78 Å². The number of rotatable bonds is 6. The normalized spacial score (nSPS) is 13.9. The number of aromatic nitrogens is 2. The van der Waals surface area contributed by atoms with E-state index in [-0.39, 0.29) is 11.3 Å². The summed E-state index contributed by atoms with van der Waals surface area (Å²) in [7, 11) is 2.93. The Balaban J connectivity index is 2.58. The number of carbonyl (C=O) groups excluding carboxylic acids is 1. The molecule has 25 heavy (non-hydrogen) atoms. The number of halogens is 4. The summed E-state index contributed by atoms with van der Waals surface area (Å²) in [5, 5.41) is 4.57. The Morgan fingerprint density at radius 2 is 2.00 bits per heavy atom. The number of hydrogen-bond donors (Lipinski definition) is 1. The van der Waals surface area contributed by atoms with E-state index in [1.54, 1.807) is 25.1 Å². The van der Waals surface area contributed by atoms with Crippen molar-refractivity contribution in [3.63, 3.8) is 0 Å². The fourth-order valence-corrected chi connectivity index (χ4v) is 3.48. The first-order valence-corrected chi connectivity index (χ1v) is 8.07. The molecule has 2 atom stereocenters. The molecule has 0 bridgehead atoms. The summed E-state index contributed by atoms with van der Waals surface area (Å²) in [5.41, 5.74) is 5.24. The molecule has 5 nitrogen and oxygen atoms in total. The van der Waals surface area contributed by atoms with E-state index in [1.807, 2.05) is 0 Å². The fraction of sp³-hybridized carbons (Fsp3) is 0.375. The van der Waals surface area contributed by atoms with E-state index < -0.39 is 30.0 Å². The quantitative estimate of drug-likeness (QED) is 0.799. The largest absolute Gasteiger partial charge is 0.376 e. The van der Waals surface area contributed by atoms with Crippen LogP contribution in [0.2, 0.25) is 10.0 Å². The van der Waals surface area contributed by atoms with Gasteiger partial charge in [-0.3, -0.25) is 9.48 Å². The minimum absolute atomic E-state index is 0.251. The average Bonchev–Trinajstić information content (AvgIpc) is 2.87. The number of nitrogens with zero attached hydrogens (tertiary/aromatic N) is 2. The molecular weight excluding hydrogens is 375 g/mol. The van der Waals surface area contributed by atoms with Gasteiger partial charge in [-0.05, 0) is 12.1 Å². The predicted molar refractivity (Wildman–Crippen MR) is 91.3 cm³/mol. The lowest BCUT2D eigenvalue weighted by molar-refractivity contribution is 0.0805. The van der Waals surface area contributed by atoms with Crippen LogP contribution in [0.1, 0.15) is 52.7 Å². The molecule has 0 radical (unpaired) electrons. The minimum atomic E-state index is -2.92. The van der Waals surface area contributed by atoms with Gasteiger partial charge >= 0.3 is 0 Å². The number of aryl methyl sites for hydroxylation is 1. The molecule has 1 amide bonds. The van der Waals surface area contributed by atoms with Crippen molar-refractivity contribution in [3.05, 3.63) is 50.8 Å². The molecule has 0 aliphatic rings. The molecule has 0 saturated heterocycles. The predicted octanol–water partition coefficient (Wildman–Crippen LogP) is 4.25. The molecule has 1 aromatic carbocycles. The fourth-order valence-electron chi connectivity index (χ4n) is 2.96. The molecule has 2 rings (SSSR count). The van der Waals surface area contributed by atoms with Crippen LogP contribution in [0.5, 0.6) is 0 Å². The van der Waals surface area contributed by atoms with Crippen molar-refractivity contribution >= 4 is 29.1 Å². The van der Waals surface area contributed by atoms with E-state index in [0.29, 0.717) is 15.6 Å². The summed E-state index contributed by atoms with van der Waals surface area (Å²) in [4.78, 5) is 11.8. The molecule has 9 heteroatoms. The molecule has 0 aliphatic heterocycles. The van der Waals surface area contributed by atoms with Crippen LogP contribution in [0.4, 0.5) is 8.78 Å². The van der Waals surface area contributed by atoms with Crippen molar-refractivity contribution in [2.75, 3.05) is 7.11 Å². The van der Waals surface area contributed by atoms with Crippen LogP contribution >= 0.6 is 23.2 Å². The first-order valence-electron chi connectivity index (χ1n) is 7.31. The van der Waals surface area contributed by atoms with Gasteiger partial charge in [-0.1, -0.05) is 36.2 Å². The third-order valence-electron chi connectivity index (χ3n) is 3.98. The van der Waals surface area contributed by atoms with E-state index in [4.69, 9.17) is 33.7 Å². The molecule has 136 valence electrons. The number of hydrogen-bond acceptors (Lipinski definition) is 3. The van der Waals surface area contributed by atoms with Crippen LogP contribution in [-0.2, 0) is 11.8 Å². The lowest BCUT2D eigenvalue weighted by Gasteiger charge is -2.25. The summed E-state index contributed by atoms with van der Waals surface area (Å²) in [6, 6.07) is 4.88. The summed E-state index contributed by atoms with van der Waals surface area (Å²) in [6.07, 6.45) is -3.54. The maximum absolute atomic E-state index is 13.2. The number of primary amides is 1. The zero-order valence-electron chi connectivity index (χ0n) is 13.8. The first-order chi connectivity index (χ1) is 11.7. The highest BCUT2D eigenvalue weighted by molar-refractivity contribution is 6.35. The van der Waals surface area contributed by atoms with Crippen LogP contribution in [-0.4, -0.2) is 22.8 Å². The molecule has 1 heterocycles. The molecule has 1 aromatic heterocycles. The second-order valence-electron chi connectivity index (χ2n) is 5.54. The van der Waals surface area contributed by atoms with Crippen LogP contribution < -0.4 is 5.73 Å². The molecule has 0 spiro atoms. The zero-order valence-corrected chi connectivity index (χ0v) is 15.3. The standard InChI is InChI=1S/C16H17Cl2F2N3O2/c1-7(14(25-3)9-5-4-8(17)6-10(9)18)13-11(16(21)24)12(15(19)20)22-23(13)2/h4-7,14-15H,1-3H3,(H2,21,24)/t7-,14-/m0/s1. The molecule has 0 saturated carbocycles. The SMILES string of the molecule is CO[C@H](c1ccc(Cl)cc1Cl)[C@@H](C)c1c(C(N)=O)c(C(F)F)nn1C. The van der Waals surface area contributed by atoms with Gasteiger partial charge in [-0.15, -0.1) is 0 Å². The molecule has 2 aromatic rings. The highest BCUT2D eigenvalue weighted by atomic mass is 35.5. The van der Waals surface area contributed by atoms with Gasteiger partial charge in [0.05, 0.1) is 17.4 Å². The molecular formula is C16H17Cl2F2N3O2. The lowest BCUT2D eigenvalue weighted by atomic mass is 9.91. The summed E-state index contributed by atoms with van der Waals surface area (Å²) in [6.45, 7) is 1.72. The van der Waals surface area contributed by atoms with Crippen molar-refractivity contribution in [2.45, 2.75) is 25.4 Å². The topological polar surface area (TPSA) is 70.1 Å². The summed E-state index contributed by atoms with van der Waals surface area (Å²) < 4.78 is 33.2. The second kappa shape index (κ2) is 7.68. The van der Waals surface area contributed by atoms with Crippen LogP contribution in [0.25, 0.3) is 0 Å². The van der Waals surface area contributed by atoms with Gasteiger partial charge in [-0.25, -0.2) is 8.78 Å². The molecule has 0 unspecified atom stereocenters. The van der Waals surface area contributed by atoms with E-state index in [9.17, 15) is 13.6 Å². The monoisotopic (exact) mass is 391 g/mol. The van der Waals surface area contributed by atoms with Crippen LogP contribution in [0.3, 0.4) is 0 Å². The molecule has 2 N–H and O–H groups in total. The maximum atomic E-state index is 13.2. The van der Waals surface area contributed by atoms with Gasteiger partial charge in [-0.2, -0.15) is 5.10 Å². The van der Waals surface area contributed by atoms with Gasteiger partial charge in [0.25, 0.3) is 12.3 Å². The van der Waals surface area contributed by atoms with Crippen LogP contribution in [0.15, 0.2) is 18.2 Å². The highest BCUT2D eigenvalue weighted by Gasteiger charge is 2.33. The number of methoxy groups -OCH3 is 1. The van der Waals surface area contributed by atoms with Gasteiger partial charge in [0.2, 0.25) is 0 Å². The number of carbonyl (C=O) groups is 1. The Bertz CT molecular complexity index is 796. The number of amides is 1. The third kappa shape index (κ3) is 3.78. The van der Waals surface area contributed by atoms with E-state index in [0.717, 1.165) is 0 Å². The van der Waals surface area contributed by atoms with Crippen molar-refractivity contribution in [3.8, 4) is 0 Å². The van der Waals surface area contributed by atoms with Crippen LogP contribution in [0, 0.1) is 0 Å². The summed E-state index contributed by atoms with van der Waals surface area (Å²) in [5.74, 6) is -1.50. The third-order valence-corrected chi connectivity index (χ3v) is 4.54. The van der Waals surface area contributed by atoms with Gasteiger partial charge < -0.3 is 10.5 Å². The van der Waals surface area contributed by atoms with Crippen molar-refractivity contribution in [2.24, 2.45) is 12.8 Å². The average molecular weight is 392 g/mol. The Hall–Kier alpha value is -1.70. The van der Waals surface area contributed by atoms with E-state index in [2.05, 4.69) is 5.10 Å². The van der Waals surface area contributed by atoms with E-state index >= 15 is 0 Å². The van der Waals surface area contributed by atoms with E-state index in [1.165, 1.54) is 18.8 Å². The maximum Gasteiger partial charge on any atom is 0.282 e. The van der Waals surface area contributed by atoms with Crippen molar-refractivity contribution in [1.29, 1.82) is 0 Å². The zero-order chi connectivity index (χ0) is 18.9. The number of benzene rings is 1. The smallest absolute Gasteiger partial charge is 0.282 e.